The van der Waals surface area contributed by atoms with E-state index in [-0.39, 0.29) is 17.7 Å². The number of amides is 1. The van der Waals surface area contributed by atoms with Crippen LogP contribution in [0.4, 0.5) is 11.8 Å². The summed E-state index contributed by atoms with van der Waals surface area (Å²) in [4.78, 5) is 29.9. The third-order valence-electron chi connectivity index (χ3n) is 5.90. The van der Waals surface area contributed by atoms with Gasteiger partial charge in [0, 0.05) is 32.6 Å². The molecule has 1 aliphatic rings. The van der Waals surface area contributed by atoms with E-state index in [1.807, 2.05) is 0 Å². The first-order valence-electron chi connectivity index (χ1n) is 11.9. The zero-order valence-corrected chi connectivity index (χ0v) is 18.7. The third-order valence-corrected chi connectivity index (χ3v) is 5.90. The van der Waals surface area contributed by atoms with Crippen molar-refractivity contribution in [1.29, 1.82) is 0 Å². The fourth-order valence-electron chi connectivity index (χ4n) is 4.07. The Morgan fingerprint density at radius 2 is 1.61 bits per heavy atom. The van der Waals surface area contributed by atoms with E-state index in [1.165, 1.54) is 77.3 Å². The van der Waals surface area contributed by atoms with Crippen molar-refractivity contribution in [2.75, 3.05) is 43.8 Å². The number of anilines is 2. The van der Waals surface area contributed by atoms with Crippen LogP contribution in [-0.2, 0) is 4.79 Å². The van der Waals surface area contributed by atoms with Crippen molar-refractivity contribution in [2.45, 2.75) is 70.6 Å². The van der Waals surface area contributed by atoms with E-state index in [0.29, 0.717) is 17.6 Å². The molecule has 2 aromatic heterocycles. The third kappa shape index (κ3) is 8.41. The van der Waals surface area contributed by atoms with Crippen LogP contribution in [0.15, 0.2) is 6.33 Å². The maximum Gasteiger partial charge on any atom is 0.233 e. The highest BCUT2D eigenvalue weighted by Crippen LogP contribution is 2.16. The summed E-state index contributed by atoms with van der Waals surface area (Å²) in [5.74, 6) is 0.433. The van der Waals surface area contributed by atoms with Crippen LogP contribution in [0.5, 0.6) is 0 Å². The van der Waals surface area contributed by atoms with Crippen LogP contribution in [0.25, 0.3) is 11.2 Å². The van der Waals surface area contributed by atoms with Gasteiger partial charge in [0.15, 0.2) is 11.5 Å². The molecule has 9 heteroatoms. The number of fused-ring (bicyclic) bond motifs is 1. The second-order valence-corrected chi connectivity index (χ2v) is 8.46. The Kier molecular flexibility index (Phi) is 9.98. The molecular formula is C22H38N8O. The largest absolute Gasteiger partial charge is 0.382 e. The molecule has 1 saturated heterocycles. The van der Waals surface area contributed by atoms with Gasteiger partial charge in [0.2, 0.25) is 11.9 Å². The molecule has 0 aromatic carbocycles. The summed E-state index contributed by atoms with van der Waals surface area (Å²) in [5.41, 5.74) is 6.90. The van der Waals surface area contributed by atoms with Gasteiger partial charge in [0.1, 0.15) is 5.52 Å². The standard InChI is InChI=1S/C22H38N8O/c23-20-19-21(26-17-25-19)29-22(28-20)27-18(31)11-9-7-5-3-1-2-4-6-8-10-14-30-15-12-24-13-16-30/h17,24H,1-16H2,(H4,23,25,26,27,28,29,31). The predicted octanol–water partition coefficient (Wildman–Crippen LogP) is 3.07. The lowest BCUT2D eigenvalue weighted by molar-refractivity contribution is -0.116. The Morgan fingerprint density at radius 3 is 2.32 bits per heavy atom. The summed E-state index contributed by atoms with van der Waals surface area (Å²) < 4.78 is 0. The van der Waals surface area contributed by atoms with Gasteiger partial charge in [-0.25, -0.2) is 4.98 Å². The fraction of sp³-hybridized carbons (Fsp3) is 0.727. The molecule has 9 nitrogen and oxygen atoms in total. The van der Waals surface area contributed by atoms with Gasteiger partial charge in [-0.2, -0.15) is 9.97 Å². The molecule has 3 heterocycles. The van der Waals surface area contributed by atoms with Crippen LogP contribution in [-0.4, -0.2) is 63.5 Å². The van der Waals surface area contributed by atoms with Crippen LogP contribution >= 0.6 is 0 Å². The van der Waals surface area contributed by atoms with Crippen LogP contribution < -0.4 is 16.4 Å². The summed E-state index contributed by atoms with van der Waals surface area (Å²) in [5, 5.41) is 6.13. The molecular weight excluding hydrogens is 392 g/mol. The predicted molar refractivity (Wildman–Crippen MR) is 125 cm³/mol. The summed E-state index contributed by atoms with van der Waals surface area (Å²) in [6.07, 6.45) is 14.5. The minimum atomic E-state index is -0.0740. The molecule has 1 amide bonds. The number of nitrogens with zero attached hydrogens (tertiary/aromatic N) is 4. The number of piperazine rings is 1. The van der Waals surface area contributed by atoms with E-state index in [2.05, 4.69) is 35.5 Å². The van der Waals surface area contributed by atoms with Gasteiger partial charge in [-0.3, -0.25) is 10.1 Å². The van der Waals surface area contributed by atoms with Gasteiger partial charge < -0.3 is 20.9 Å². The smallest absolute Gasteiger partial charge is 0.233 e. The summed E-state index contributed by atoms with van der Waals surface area (Å²) in [6.45, 7) is 5.99. The topological polar surface area (TPSA) is 125 Å². The average Bonchev–Trinajstić information content (AvgIpc) is 3.24. The van der Waals surface area contributed by atoms with Crippen LogP contribution in [0.3, 0.4) is 0 Å². The minimum Gasteiger partial charge on any atom is -0.382 e. The number of imidazole rings is 1. The number of nitrogens with two attached hydrogens (primary N) is 1. The quantitative estimate of drug-likeness (QED) is 0.339. The number of hydrogen-bond acceptors (Lipinski definition) is 7. The second-order valence-electron chi connectivity index (χ2n) is 8.46. The number of aromatic amines is 1. The zero-order chi connectivity index (χ0) is 21.7. The van der Waals surface area contributed by atoms with Crippen molar-refractivity contribution in [3.05, 3.63) is 6.33 Å². The van der Waals surface area contributed by atoms with E-state index >= 15 is 0 Å². The Bertz CT molecular complexity index is 787. The van der Waals surface area contributed by atoms with E-state index in [9.17, 15) is 4.79 Å². The maximum atomic E-state index is 12.1. The maximum absolute atomic E-state index is 12.1. The highest BCUT2D eigenvalue weighted by atomic mass is 16.1. The van der Waals surface area contributed by atoms with Crippen molar-refractivity contribution in [1.82, 2.24) is 30.2 Å². The number of carbonyl (C=O) groups excluding carboxylic acids is 1. The highest BCUT2D eigenvalue weighted by Gasteiger charge is 2.10. The average molecular weight is 431 g/mol. The molecule has 0 unspecified atom stereocenters. The van der Waals surface area contributed by atoms with Crippen LogP contribution in [0.2, 0.25) is 0 Å². The molecule has 0 atom stereocenters. The van der Waals surface area contributed by atoms with E-state index in [4.69, 9.17) is 5.73 Å². The molecule has 0 saturated carbocycles. The van der Waals surface area contributed by atoms with Gasteiger partial charge in [-0.05, 0) is 19.4 Å². The molecule has 0 radical (unpaired) electrons. The number of rotatable bonds is 14. The van der Waals surface area contributed by atoms with Gasteiger partial charge in [-0.1, -0.05) is 51.4 Å². The first-order chi connectivity index (χ1) is 15.2. The van der Waals surface area contributed by atoms with Gasteiger partial charge >= 0.3 is 0 Å². The second kappa shape index (κ2) is 13.2. The molecule has 3 rings (SSSR count). The molecule has 1 fully saturated rings. The Balaban J connectivity index is 1.12. The number of hydrogen-bond donors (Lipinski definition) is 4. The lowest BCUT2D eigenvalue weighted by Crippen LogP contribution is -2.43. The van der Waals surface area contributed by atoms with Gasteiger partial charge in [0.25, 0.3) is 0 Å². The normalized spacial score (nSPS) is 14.8. The SMILES string of the molecule is Nc1nc(NC(=O)CCCCCCCCCCCCN2CCNCC2)nc2nc[nH]c12. The fourth-order valence-corrected chi connectivity index (χ4v) is 4.07. The molecule has 1 aliphatic heterocycles. The number of nitrogens with one attached hydrogen (secondary N) is 3. The molecule has 5 N–H and O–H groups in total. The summed E-state index contributed by atoms with van der Waals surface area (Å²) in [7, 11) is 0. The Hall–Kier alpha value is -2.26. The molecule has 0 aliphatic carbocycles. The first-order valence-corrected chi connectivity index (χ1v) is 11.9. The number of carbonyl (C=O) groups is 1. The number of H-pyrrole nitrogens is 1. The number of nitrogen functional groups attached to an aromatic ring is 1. The van der Waals surface area contributed by atoms with Gasteiger partial charge in [-0.15, -0.1) is 0 Å². The van der Waals surface area contributed by atoms with E-state index < -0.39 is 0 Å². The molecule has 172 valence electrons. The minimum absolute atomic E-state index is 0.0740. The van der Waals surface area contributed by atoms with Crippen molar-refractivity contribution < 1.29 is 4.79 Å². The van der Waals surface area contributed by atoms with Crippen molar-refractivity contribution in [2.24, 2.45) is 0 Å². The Labute approximate surface area is 185 Å². The molecule has 0 spiro atoms. The number of aromatic nitrogens is 4. The zero-order valence-electron chi connectivity index (χ0n) is 18.7. The molecule has 2 aromatic rings. The van der Waals surface area contributed by atoms with Crippen LogP contribution in [0, 0.1) is 0 Å². The number of unbranched alkanes of at least 4 members (excludes halogenated alkanes) is 9. The van der Waals surface area contributed by atoms with Crippen molar-refractivity contribution in [3.8, 4) is 0 Å². The van der Waals surface area contributed by atoms with E-state index in [0.717, 1.165) is 25.9 Å². The van der Waals surface area contributed by atoms with Gasteiger partial charge in [0.05, 0.1) is 6.33 Å². The summed E-state index contributed by atoms with van der Waals surface area (Å²) in [6, 6.07) is 0. The first kappa shape index (κ1) is 23.4. The van der Waals surface area contributed by atoms with Crippen molar-refractivity contribution in [3.63, 3.8) is 0 Å². The molecule has 31 heavy (non-hydrogen) atoms. The monoisotopic (exact) mass is 430 g/mol. The van der Waals surface area contributed by atoms with Crippen LogP contribution in [0.1, 0.15) is 70.6 Å². The Morgan fingerprint density at radius 1 is 0.968 bits per heavy atom. The lowest BCUT2D eigenvalue weighted by atomic mass is 10.1. The summed E-state index contributed by atoms with van der Waals surface area (Å²) >= 11 is 0. The highest BCUT2D eigenvalue weighted by molar-refractivity contribution is 5.91. The lowest BCUT2D eigenvalue weighted by Gasteiger charge is -2.27. The van der Waals surface area contributed by atoms with E-state index in [1.54, 1.807) is 0 Å². The molecule has 0 bridgehead atoms. The van der Waals surface area contributed by atoms with Crippen molar-refractivity contribution >= 4 is 28.8 Å².